The molecule has 1 atom stereocenters. The summed E-state index contributed by atoms with van der Waals surface area (Å²) in [5, 5.41) is 5.57. The molecular formula is C32H33N7O4. The lowest BCUT2D eigenvalue weighted by Gasteiger charge is -2.33. The number of para-hydroxylation sites is 2. The highest BCUT2D eigenvalue weighted by atomic mass is 16.2. The molecule has 1 aliphatic carbocycles. The van der Waals surface area contributed by atoms with Gasteiger partial charge in [0.25, 0.3) is 11.8 Å². The Hall–Kier alpha value is -4.93. The van der Waals surface area contributed by atoms with Crippen LogP contribution < -0.4 is 16.4 Å². The minimum atomic E-state index is -0.966. The van der Waals surface area contributed by atoms with Crippen LogP contribution in [-0.4, -0.2) is 62.8 Å². The molecule has 4 amide bonds. The quantitative estimate of drug-likeness (QED) is 0.197. The first-order valence-corrected chi connectivity index (χ1v) is 14.6. The second-order valence-corrected chi connectivity index (χ2v) is 11.3. The van der Waals surface area contributed by atoms with Crippen molar-refractivity contribution < 1.29 is 19.2 Å². The number of allylic oxidation sites excluding steroid dienone is 1. The number of aliphatic imine (C=N–C) groups is 1. The number of imide groups is 2. The number of hydrogen-bond acceptors (Lipinski definition) is 9. The number of piperidine rings is 1. The number of benzene rings is 2. The first kappa shape index (κ1) is 28.2. The van der Waals surface area contributed by atoms with Crippen LogP contribution in [-0.2, 0) is 9.59 Å². The normalized spacial score (nSPS) is 22.4. The highest BCUT2D eigenvalue weighted by Crippen LogP contribution is 2.35. The maximum absolute atomic E-state index is 13.0. The molecule has 6 rings (SSSR count). The Morgan fingerprint density at radius 2 is 1.86 bits per heavy atom. The topological polar surface area (TPSA) is 160 Å². The van der Waals surface area contributed by atoms with E-state index in [2.05, 4.69) is 15.6 Å². The number of nitrogens with one attached hydrogen (secondary N) is 2. The van der Waals surface area contributed by atoms with Crippen LogP contribution in [0.2, 0.25) is 0 Å². The number of hydrogen-bond donors (Lipinski definition) is 3. The Kier molecular flexibility index (Phi) is 7.71. The third kappa shape index (κ3) is 5.62. The molecular weight excluding hydrogens is 546 g/mol. The van der Waals surface area contributed by atoms with E-state index in [4.69, 9.17) is 15.7 Å². The van der Waals surface area contributed by atoms with E-state index >= 15 is 0 Å². The summed E-state index contributed by atoms with van der Waals surface area (Å²) >= 11 is 0. The van der Waals surface area contributed by atoms with E-state index in [0.717, 1.165) is 65.1 Å². The molecule has 2 aromatic carbocycles. The molecule has 2 aliphatic heterocycles. The second-order valence-electron chi connectivity index (χ2n) is 11.3. The number of carbonyl (C=O) groups is 4. The lowest BCUT2D eigenvalue weighted by Crippen LogP contribution is -2.54. The van der Waals surface area contributed by atoms with E-state index in [0.29, 0.717) is 11.6 Å². The third-order valence-corrected chi connectivity index (χ3v) is 8.43. The number of fused-ring (bicyclic) bond motifs is 2. The highest BCUT2D eigenvalue weighted by molar-refractivity contribution is 6.24. The summed E-state index contributed by atoms with van der Waals surface area (Å²) in [5.41, 5.74) is 11.3. The molecule has 1 unspecified atom stereocenters. The monoisotopic (exact) mass is 579 g/mol. The highest BCUT2D eigenvalue weighted by Gasteiger charge is 2.44. The molecule has 11 nitrogen and oxygen atoms in total. The summed E-state index contributed by atoms with van der Waals surface area (Å²) < 4.78 is 0. The van der Waals surface area contributed by atoms with Crippen molar-refractivity contribution in [2.75, 3.05) is 11.9 Å². The Morgan fingerprint density at radius 1 is 1.09 bits per heavy atom. The van der Waals surface area contributed by atoms with E-state index < -0.39 is 29.7 Å². The Balaban J connectivity index is 0.974. The molecule has 1 saturated carbocycles. The smallest absolute Gasteiger partial charge is 0.262 e. The molecule has 1 saturated heterocycles. The van der Waals surface area contributed by atoms with Gasteiger partial charge in [0.2, 0.25) is 11.8 Å². The fourth-order valence-electron chi connectivity index (χ4n) is 6.07. The zero-order valence-corrected chi connectivity index (χ0v) is 23.9. The van der Waals surface area contributed by atoms with Crippen LogP contribution >= 0.6 is 0 Å². The van der Waals surface area contributed by atoms with Gasteiger partial charge in [0, 0.05) is 36.1 Å². The molecule has 4 N–H and O–H groups in total. The number of rotatable bonds is 9. The SMILES string of the molecule is CC(=NC1CC(CCCNc2ccc3c(c2)C(=O)N(C2CCC(=O)NC2=O)C3=O)C1)C(=CN)c1cnc2ccccc2n1. The average molecular weight is 580 g/mol. The van der Waals surface area contributed by atoms with Crippen LogP contribution in [0.25, 0.3) is 16.6 Å². The van der Waals surface area contributed by atoms with Gasteiger partial charge in [0.15, 0.2) is 0 Å². The summed E-state index contributed by atoms with van der Waals surface area (Å²) in [4.78, 5) is 64.8. The van der Waals surface area contributed by atoms with Crippen molar-refractivity contribution in [1.82, 2.24) is 20.2 Å². The van der Waals surface area contributed by atoms with Crippen LogP contribution in [0.15, 0.2) is 59.9 Å². The number of nitrogens with zero attached hydrogens (tertiary/aromatic N) is 4. The summed E-state index contributed by atoms with van der Waals surface area (Å²) in [6.07, 6.45) is 7.56. The lowest BCUT2D eigenvalue weighted by atomic mass is 9.77. The average Bonchev–Trinajstić information content (AvgIpc) is 3.22. The van der Waals surface area contributed by atoms with Crippen molar-refractivity contribution in [2.45, 2.75) is 57.5 Å². The Morgan fingerprint density at radius 3 is 2.63 bits per heavy atom. The van der Waals surface area contributed by atoms with Crippen molar-refractivity contribution in [3.8, 4) is 0 Å². The van der Waals surface area contributed by atoms with E-state index in [1.807, 2.05) is 31.2 Å². The summed E-state index contributed by atoms with van der Waals surface area (Å²) in [5.74, 6) is -1.42. The zero-order chi connectivity index (χ0) is 30.1. The van der Waals surface area contributed by atoms with Crippen LogP contribution in [0.1, 0.15) is 71.9 Å². The molecule has 2 fully saturated rings. The molecule has 43 heavy (non-hydrogen) atoms. The zero-order valence-electron chi connectivity index (χ0n) is 23.9. The van der Waals surface area contributed by atoms with E-state index in [1.54, 1.807) is 30.6 Å². The van der Waals surface area contributed by atoms with Crippen LogP contribution in [0, 0.1) is 5.92 Å². The molecule has 3 aliphatic rings. The fourth-order valence-corrected chi connectivity index (χ4v) is 6.07. The maximum Gasteiger partial charge on any atom is 0.262 e. The van der Waals surface area contributed by atoms with Gasteiger partial charge in [0.1, 0.15) is 6.04 Å². The van der Waals surface area contributed by atoms with Gasteiger partial charge in [-0.05, 0) is 75.3 Å². The van der Waals surface area contributed by atoms with E-state index in [-0.39, 0.29) is 30.0 Å². The lowest BCUT2D eigenvalue weighted by molar-refractivity contribution is -0.136. The van der Waals surface area contributed by atoms with Gasteiger partial charge in [-0.1, -0.05) is 12.1 Å². The van der Waals surface area contributed by atoms with E-state index in [9.17, 15) is 19.2 Å². The summed E-state index contributed by atoms with van der Waals surface area (Å²) in [6, 6.07) is 12.1. The van der Waals surface area contributed by atoms with Crippen molar-refractivity contribution in [3.63, 3.8) is 0 Å². The standard InChI is InChI=1S/C32H33N7O4/c1-18(24(16-33)27-17-35-25-6-2-3-7-26(25)37-27)36-21-13-19(14-21)5-4-12-34-20-8-9-22-23(15-20)32(43)39(31(22)42)28-10-11-29(40)38-30(28)41/h2-3,6-9,15-17,19,21,28,34H,4-5,10-14,33H2,1H3,(H,38,40,41). The predicted octanol–water partition coefficient (Wildman–Crippen LogP) is 3.46. The predicted molar refractivity (Wildman–Crippen MR) is 162 cm³/mol. The molecule has 1 aromatic heterocycles. The van der Waals surface area contributed by atoms with Crippen LogP contribution in [0.3, 0.4) is 0 Å². The summed E-state index contributed by atoms with van der Waals surface area (Å²) in [6.45, 7) is 2.69. The van der Waals surface area contributed by atoms with Gasteiger partial charge in [-0.15, -0.1) is 0 Å². The summed E-state index contributed by atoms with van der Waals surface area (Å²) in [7, 11) is 0. The number of nitrogens with two attached hydrogens (primary N) is 1. The third-order valence-electron chi connectivity index (χ3n) is 8.43. The molecule has 0 spiro atoms. The molecule has 0 radical (unpaired) electrons. The molecule has 3 aromatic rings. The number of carbonyl (C=O) groups excluding carboxylic acids is 4. The minimum absolute atomic E-state index is 0.0939. The van der Waals surface area contributed by atoms with Crippen molar-refractivity contribution >= 4 is 51.6 Å². The minimum Gasteiger partial charge on any atom is -0.404 e. The molecule has 220 valence electrons. The number of aromatic nitrogens is 2. The van der Waals surface area contributed by atoms with Crippen LogP contribution in [0.4, 0.5) is 5.69 Å². The largest absolute Gasteiger partial charge is 0.404 e. The van der Waals surface area contributed by atoms with Crippen LogP contribution in [0.5, 0.6) is 0 Å². The number of amides is 4. The van der Waals surface area contributed by atoms with Crippen molar-refractivity contribution in [3.05, 3.63) is 71.7 Å². The van der Waals surface area contributed by atoms with Gasteiger partial charge >= 0.3 is 0 Å². The van der Waals surface area contributed by atoms with Crippen molar-refractivity contribution in [2.24, 2.45) is 16.6 Å². The Labute approximate surface area is 248 Å². The molecule has 0 bridgehead atoms. The fraction of sp³-hybridized carbons (Fsp3) is 0.344. The first-order valence-electron chi connectivity index (χ1n) is 14.6. The Bertz CT molecular complexity index is 1690. The first-order chi connectivity index (χ1) is 20.8. The second kappa shape index (κ2) is 11.7. The van der Waals surface area contributed by atoms with Gasteiger partial charge in [-0.25, -0.2) is 4.98 Å². The van der Waals surface area contributed by atoms with Gasteiger partial charge in [0.05, 0.1) is 40.1 Å². The van der Waals surface area contributed by atoms with Crippen molar-refractivity contribution in [1.29, 1.82) is 0 Å². The van der Waals surface area contributed by atoms with Gasteiger partial charge in [-0.3, -0.25) is 39.4 Å². The maximum atomic E-state index is 13.0. The van der Waals surface area contributed by atoms with Gasteiger partial charge < -0.3 is 11.1 Å². The molecule has 11 heteroatoms. The number of anilines is 1. The molecule has 3 heterocycles. The van der Waals surface area contributed by atoms with Gasteiger partial charge in [-0.2, -0.15) is 0 Å². The van der Waals surface area contributed by atoms with E-state index in [1.165, 1.54) is 0 Å².